The average Bonchev–Trinajstić information content (AvgIpc) is 2.64. The Labute approximate surface area is 177 Å². The van der Waals surface area contributed by atoms with Gasteiger partial charge in [0.15, 0.2) is 0 Å². The van der Waals surface area contributed by atoms with Crippen molar-refractivity contribution in [2.45, 2.75) is 81.9 Å². The molecule has 0 aromatic carbocycles. The average molecular weight is 434 g/mol. The fraction of sp³-hybridized carbons (Fsp3) is 0.850. The first-order chi connectivity index (χ1) is 13.6. The van der Waals surface area contributed by atoms with Crippen LogP contribution in [0.15, 0.2) is 0 Å². The molecule has 0 saturated carbocycles. The van der Waals surface area contributed by atoms with Gasteiger partial charge in [-0.2, -0.15) is 0 Å². The van der Waals surface area contributed by atoms with Gasteiger partial charge in [0.05, 0.1) is 13.2 Å². The molecule has 168 valence electrons. The Kier molecular flexibility index (Phi) is 10.4. The molecule has 1 fully saturated rings. The van der Waals surface area contributed by atoms with Crippen LogP contribution in [0.4, 0.5) is 0 Å². The first-order valence-corrected chi connectivity index (χ1v) is 11.0. The van der Waals surface area contributed by atoms with Gasteiger partial charge in [-0.1, -0.05) is 0 Å². The zero-order valence-corrected chi connectivity index (χ0v) is 19.0. The molecule has 1 rings (SSSR count). The Balaban J connectivity index is 3.10. The number of hydrogen-bond donors (Lipinski definition) is 1. The summed E-state index contributed by atoms with van der Waals surface area (Å²) in [7, 11) is 0. The van der Waals surface area contributed by atoms with Crippen molar-refractivity contribution in [3.63, 3.8) is 0 Å². The lowest BCUT2D eigenvalue weighted by atomic mass is 9.95. The van der Waals surface area contributed by atoms with Gasteiger partial charge < -0.3 is 24.7 Å². The van der Waals surface area contributed by atoms with Crippen LogP contribution in [0.5, 0.6) is 0 Å². The smallest absolute Gasteiger partial charge is 0.335 e. The molecular weight excluding hydrogens is 398 g/mol. The number of rotatable bonds is 10. The highest BCUT2D eigenvalue weighted by atomic mass is 32.2. The highest BCUT2D eigenvalue weighted by molar-refractivity contribution is 8.02. The topological polar surface area (TPSA) is 114 Å². The molecule has 1 aliphatic rings. The highest BCUT2D eigenvalue weighted by Gasteiger charge is 2.55. The summed E-state index contributed by atoms with van der Waals surface area (Å²) in [5.74, 6) is -1.90. The van der Waals surface area contributed by atoms with Crippen LogP contribution in [0.3, 0.4) is 0 Å². The second-order valence-electron chi connectivity index (χ2n) is 7.84. The predicted octanol–water partition coefficient (Wildman–Crippen LogP) is 2.21. The summed E-state index contributed by atoms with van der Waals surface area (Å²) in [6, 6.07) is -0.971. The molecule has 1 unspecified atom stereocenters. The van der Waals surface area contributed by atoms with Crippen LogP contribution in [-0.4, -0.2) is 66.0 Å². The lowest BCUT2D eigenvalue weighted by Crippen LogP contribution is -2.59. The number of esters is 3. The molecule has 29 heavy (non-hydrogen) atoms. The van der Waals surface area contributed by atoms with Crippen molar-refractivity contribution in [1.29, 1.82) is 0 Å². The van der Waals surface area contributed by atoms with E-state index in [4.69, 9.17) is 24.7 Å². The van der Waals surface area contributed by atoms with E-state index in [1.165, 1.54) is 11.8 Å². The van der Waals surface area contributed by atoms with Crippen LogP contribution in [0.1, 0.15) is 60.3 Å². The van der Waals surface area contributed by atoms with Crippen molar-refractivity contribution in [2.75, 3.05) is 26.4 Å². The molecule has 1 atom stereocenters. The van der Waals surface area contributed by atoms with Gasteiger partial charge in [-0.3, -0.25) is 4.79 Å². The Bertz CT molecular complexity index is 538. The number of carbonyl (C=O) groups is 3. The zero-order chi connectivity index (χ0) is 22.1. The molecule has 0 aliphatic carbocycles. The molecule has 0 radical (unpaired) electrons. The number of nitrogens with two attached hydrogens (primary N) is 1. The second-order valence-corrected chi connectivity index (χ2v) is 9.38. The molecule has 1 heterocycles. The molecular formula is C20H35NO7S. The van der Waals surface area contributed by atoms with E-state index in [2.05, 4.69) is 0 Å². The molecule has 8 nitrogen and oxygen atoms in total. The minimum atomic E-state index is -1.74. The van der Waals surface area contributed by atoms with Gasteiger partial charge in [0, 0.05) is 30.9 Å². The molecule has 1 aliphatic heterocycles. The van der Waals surface area contributed by atoms with Crippen molar-refractivity contribution >= 4 is 29.7 Å². The van der Waals surface area contributed by atoms with Crippen LogP contribution in [0.25, 0.3) is 0 Å². The first kappa shape index (κ1) is 25.7. The van der Waals surface area contributed by atoms with Gasteiger partial charge in [-0.25, -0.2) is 9.59 Å². The van der Waals surface area contributed by atoms with Crippen LogP contribution in [0, 0.1) is 0 Å². The SMILES string of the molecule is CCOC(=O)C(SC1CCOCC1)(C(=O)OCC)C(N)CCC(=O)OC(C)(C)C. The summed E-state index contributed by atoms with van der Waals surface area (Å²) in [6.07, 6.45) is 1.43. The summed E-state index contributed by atoms with van der Waals surface area (Å²) in [6.45, 7) is 9.95. The standard InChI is InChI=1S/C20H35NO7S/c1-6-26-17(23)20(18(24)27-7-2,29-14-10-12-25-13-11-14)15(21)8-9-16(22)28-19(3,4)5/h14-15H,6-13,21H2,1-5H3. The Morgan fingerprint density at radius 3 is 2.03 bits per heavy atom. The van der Waals surface area contributed by atoms with Gasteiger partial charge in [0.2, 0.25) is 4.75 Å². The third-order valence-electron chi connectivity index (χ3n) is 4.28. The van der Waals surface area contributed by atoms with Crippen LogP contribution in [0.2, 0.25) is 0 Å². The van der Waals surface area contributed by atoms with Gasteiger partial charge >= 0.3 is 17.9 Å². The Morgan fingerprint density at radius 2 is 1.59 bits per heavy atom. The largest absolute Gasteiger partial charge is 0.464 e. The Morgan fingerprint density at radius 1 is 1.07 bits per heavy atom. The van der Waals surface area contributed by atoms with Crippen molar-refractivity contribution in [2.24, 2.45) is 5.73 Å². The highest BCUT2D eigenvalue weighted by Crippen LogP contribution is 2.40. The number of thioether (sulfide) groups is 1. The maximum atomic E-state index is 13.0. The molecule has 2 N–H and O–H groups in total. The number of ether oxygens (including phenoxy) is 4. The maximum absolute atomic E-state index is 13.0. The summed E-state index contributed by atoms with van der Waals surface area (Å²) >= 11 is 1.18. The maximum Gasteiger partial charge on any atom is 0.335 e. The molecule has 0 bridgehead atoms. The summed E-state index contributed by atoms with van der Waals surface area (Å²) < 4.78 is 19.4. The first-order valence-electron chi connectivity index (χ1n) is 10.1. The van der Waals surface area contributed by atoms with Crippen LogP contribution < -0.4 is 5.73 Å². The zero-order valence-electron chi connectivity index (χ0n) is 18.2. The lowest BCUT2D eigenvalue weighted by molar-refractivity contribution is -0.161. The quantitative estimate of drug-likeness (QED) is 0.314. The van der Waals surface area contributed by atoms with E-state index >= 15 is 0 Å². The lowest BCUT2D eigenvalue weighted by Gasteiger charge is -2.37. The minimum Gasteiger partial charge on any atom is -0.464 e. The van der Waals surface area contributed by atoms with Crippen LogP contribution in [-0.2, 0) is 33.3 Å². The van der Waals surface area contributed by atoms with Crippen LogP contribution >= 0.6 is 11.8 Å². The van der Waals surface area contributed by atoms with E-state index in [0.717, 1.165) is 0 Å². The van der Waals surface area contributed by atoms with Crippen molar-refractivity contribution < 1.29 is 33.3 Å². The summed E-state index contributed by atoms with van der Waals surface area (Å²) in [4.78, 5) is 38.1. The van der Waals surface area contributed by atoms with Gasteiger partial charge in [0.25, 0.3) is 0 Å². The molecule has 1 saturated heterocycles. The van der Waals surface area contributed by atoms with Crippen molar-refractivity contribution in [3.05, 3.63) is 0 Å². The van der Waals surface area contributed by atoms with E-state index in [9.17, 15) is 14.4 Å². The summed E-state index contributed by atoms with van der Waals surface area (Å²) in [5.41, 5.74) is 5.76. The fourth-order valence-corrected chi connectivity index (χ4v) is 4.53. The molecule has 0 spiro atoms. The minimum absolute atomic E-state index is 0.00913. The van der Waals surface area contributed by atoms with Crippen molar-refractivity contribution in [1.82, 2.24) is 0 Å². The number of hydrogen-bond acceptors (Lipinski definition) is 9. The number of carbonyl (C=O) groups excluding carboxylic acids is 3. The van der Waals surface area contributed by atoms with Gasteiger partial charge in [-0.15, -0.1) is 11.8 Å². The normalized spacial score (nSPS) is 16.8. The molecule has 0 aromatic heterocycles. The predicted molar refractivity (Wildman–Crippen MR) is 110 cm³/mol. The second kappa shape index (κ2) is 11.8. The summed E-state index contributed by atoms with van der Waals surface area (Å²) in [5, 5.41) is -0.00913. The third-order valence-corrected chi connectivity index (χ3v) is 6.09. The molecule has 9 heteroatoms. The van der Waals surface area contributed by atoms with E-state index < -0.39 is 34.3 Å². The van der Waals surface area contributed by atoms with E-state index in [-0.39, 0.29) is 31.3 Å². The van der Waals surface area contributed by atoms with E-state index in [1.54, 1.807) is 34.6 Å². The fourth-order valence-electron chi connectivity index (χ4n) is 2.97. The van der Waals surface area contributed by atoms with Crippen molar-refractivity contribution in [3.8, 4) is 0 Å². The van der Waals surface area contributed by atoms with E-state index in [0.29, 0.717) is 26.1 Å². The van der Waals surface area contributed by atoms with Gasteiger partial charge in [-0.05, 0) is 53.9 Å². The van der Waals surface area contributed by atoms with Gasteiger partial charge in [0.1, 0.15) is 5.60 Å². The third kappa shape index (κ3) is 7.79. The monoisotopic (exact) mass is 433 g/mol. The molecule has 0 aromatic rings. The Hall–Kier alpha value is -1.32. The van der Waals surface area contributed by atoms with E-state index in [1.807, 2.05) is 0 Å². The molecule has 0 amide bonds.